The molecule has 4 aliphatic heterocycles. The molecule has 1 saturated carbocycles. The van der Waals surface area contributed by atoms with Gasteiger partial charge in [0.05, 0.1) is 35.8 Å². The summed E-state index contributed by atoms with van der Waals surface area (Å²) >= 11 is 8.19. The predicted molar refractivity (Wildman–Crippen MR) is 215 cm³/mol. The number of benzene rings is 1. The van der Waals surface area contributed by atoms with Crippen LogP contribution in [0.1, 0.15) is 115 Å². The number of anilines is 2. The molecule has 294 valence electrons. The van der Waals surface area contributed by atoms with Crippen molar-refractivity contribution in [1.29, 1.82) is 0 Å². The number of hydrogen-bond acceptors (Lipinski definition) is 10. The topological polar surface area (TPSA) is 106 Å². The van der Waals surface area contributed by atoms with Crippen LogP contribution >= 0.6 is 23.4 Å². The second kappa shape index (κ2) is 18.9. The van der Waals surface area contributed by atoms with Gasteiger partial charge < -0.3 is 20.3 Å². The summed E-state index contributed by atoms with van der Waals surface area (Å²) < 4.78 is 35.6. The predicted octanol–water partition coefficient (Wildman–Crippen LogP) is 7.46. The molecule has 3 fully saturated rings. The van der Waals surface area contributed by atoms with Crippen LogP contribution in [0.25, 0.3) is 0 Å². The summed E-state index contributed by atoms with van der Waals surface area (Å²) in [7, 11) is 7.55. The van der Waals surface area contributed by atoms with Crippen LogP contribution in [-0.2, 0) is 25.3 Å². The average molecular weight is 785 g/mol. The largest absolute Gasteiger partial charge is 0.467 e. The van der Waals surface area contributed by atoms with Crippen molar-refractivity contribution < 1.29 is 18.3 Å². The van der Waals surface area contributed by atoms with Crippen LogP contribution in [0, 0.1) is 17.7 Å². The van der Waals surface area contributed by atoms with Crippen molar-refractivity contribution >= 4 is 41.2 Å². The summed E-state index contributed by atoms with van der Waals surface area (Å²) in [6.07, 6.45) is 6.88. The quantitative estimate of drug-likeness (QED) is 0.159. The SMILES string of the molecule is CC.CC#Cc1cc(N)c(F)c(C2Cc3nc(OC)nc(N4CCCn5nc(C=O)c(Cl)c5C4)c3CS2)c1C1CC1.CN(C)C.FC1CC2CCCN2C1. The Bertz CT molecular complexity index is 1830. The van der Waals surface area contributed by atoms with Crippen LogP contribution in [0.4, 0.5) is 20.3 Å². The third-order valence-electron chi connectivity index (χ3n) is 10.0. The number of alkyl halides is 1. The van der Waals surface area contributed by atoms with E-state index in [0.717, 1.165) is 72.7 Å². The van der Waals surface area contributed by atoms with E-state index in [1.165, 1.54) is 12.8 Å². The molecule has 2 aromatic heterocycles. The molecule has 5 aliphatic rings. The van der Waals surface area contributed by atoms with Gasteiger partial charge in [-0.2, -0.15) is 15.1 Å². The van der Waals surface area contributed by atoms with Gasteiger partial charge in [-0.05, 0) is 90.7 Å². The van der Waals surface area contributed by atoms with Crippen molar-refractivity contribution in [2.24, 2.45) is 0 Å². The molecule has 2 N–H and O–H groups in total. The Labute approximate surface area is 328 Å². The maximum atomic E-state index is 15.7. The van der Waals surface area contributed by atoms with E-state index in [1.807, 2.05) is 39.9 Å². The van der Waals surface area contributed by atoms with E-state index in [9.17, 15) is 9.18 Å². The van der Waals surface area contributed by atoms with Crippen molar-refractivity contribution in [2.75, 3.05) is 58.5 Å². The second-order valence-electron chi connectivity index (χ2n) is 14.5. The molecule has 1 aromatic carbocycles. The van der Waals surface area contributed by atoms with E-state index in [2.05, 4.69) is 26.7 Å². The van der Waals surface area contributed by atoms with Gasteiger partial charge in [-0.25, -0.2) is 8.78 Å². The first-order chi connectivity index (χ1) is 26.0. The van der Waals surface area contributed by atoms with Crippen LogP contribution < -0.4 is 15.4 Å². The number of ether oxygens (including phenoxy) is 1. The number of nitrogens with zero attached hydrogens (tertiary/aromatic N) is 7. The number of halogens is 3. The minimum atomic E-state index is -0.518. The summed E-state index contributed by atoms with van der Waals surface area (Å²) in [4.78, 5) is 27.3. The molecule has 10 nitrogen and oxygen atoms in total. The zero-order chi connectivity index (χ0) is 39.1. The maximum absolute atomic E-state index is 15.7. The molecule has 54 heavy (non-hydrogen) atoms. The molecule has 1 aliphatic carbocycles. The van der Waals surface area contributed by atoms with E-state index in [0.29, 0.717) is 60.6 Å². The highest BCUT2D eigenvalue weighted by Crippen LogP contribution is 2.52. The first-order valence-electron chi connectivity index (χ1n) is 19.1. The molecule has 3 unspecified atom stereocenters. The van der Waals surface area contributed by atoms with Crippen LogP contribution in [0.15, 0.2) is 6.07 Å². The zero-order valence-electron chi connectivity index (χ0n) is 32.7. The number of nitrogen functional groups attached to an aromatic ring is 1. The smallest absolute Gasteiger partial charge is 0.318 e. The van der Waals surface area contributed by atoms with Gasteiger partial charge in [-0.3, -0.25) is 14.4 Å². The number of aldehydes is 1. The number of fused-ring (bicyclic) bond motifs is 3. The average Bonchev–Trinajstić information content (AvgIpc) is 3.77. The number of carbonyl (C=O) groups is 1. The van der Waals surface area contributed by atoms with Gasteiger partial charge >= 0.3 is 6.01 Å². The molecular weight excluding hydrogens is 730 g/mol. The lowest BCUT2D eigenvalue weighted by molar-refractivity contribution is 0.111. The number of aryl methyl sites for hydroxylation is 1. The van der Waals surface area contributed by atoms with Crippen LogP contribution in [0.3, 0.4) is 0 Å². The molecule has 0 spiro atoms. The Morgan fingerprint density at radius 2 is 1.85 bits per heavy atom. The number of hydrogen-bond donors (Lipinski definition) is 1. The fourth-order valence-corrected chi connectivity index (χ4v) is 9.21. The van der Waals surface area contributed by atoms with Crippen molar-refractivity contribution in [2.45, 2.75) is 108 Å². The number of aromatic nitrogens is 4. The van der Waals surface area contributed by atoms with Gasteiger partial charge in [0.2, 0.25) is 0 Å². The fraction of sp³-hybridized carbons (Fsp3) is 0.600. The molecular formula is C40H55ClF2N8O2S. The Morgan fingerprint density at radius 3 is 2.50 bits per heavy atom. The molecule has 14 heteroatoms. The summed E-state index contributed by atoms with van der Waals surface area (Å²) in [5.74, 6) is 7.47. The van der Waals surface area contributed by atoms with Crippen molar-refractivity contribution in [3.05, 3.63) is 56.2 Å². The third-order valence-corrected chi connectivity index (χ3v) is 11.7. The molecule has 3 aromatic rings. The van der Waals surface area contributed by atoms with Gasteiger partial charge in [0.15, 0.2) is 12.1 Å². The van der Waals surface area contributed by atoms with Gasteiger partial charge in [0.1, 0.15) is 17.7 Å². The van der Waals surface area contributed by atoms with E-state index in [-0.39, 0.29) is 28.5 Å². The Hall–Kier alpha value is -3.44. The fourth-order valence-electron chi connectivity index (χ4n) is 7.63. The minimum Gasteiger partial charge on any atom is -0.467 e. The number of nitrogens with two attached hydrogens (primary N) is 1. The molecule has 0 bridgehead atoms. The van der Waals surface area contributed by atoms with Crippen molar-refractivity contribution in [3.63, 3.8) is 0 Å². The molecule has 3 atom stereocenters. The van der Waals surface area contributed by atoms with Crippen LogP contribution in [0.5, 0.6) is 6.01 Å². The minimum absolute atomic E-state index is 0.132. The zero-order valence-corrected chi connectivity index (χ0v) is 34.3. The Morgan fingerprint density at radius 1 is 1.11 bits per heavy atom. The first kappa shape index (κ1) is 41.7. The number of thioether (sulfide) groups is 1. The van der Waals surface area contributed by atoms with Gasteiger partial charge in [-0.15, -0.1) is 17.7 Å². The lowest BCUT2D eigenvalue weighted by Gasteiger charge is -2.31. The molecule has 2 saturated heterocycles. The van der Waals surface area contributed by atoms with Crippen LogP contribution in [0.2, 0.25) is 5.02 Å². The van der Waals surface area contributed by atoms with Gasteiger partial charge in [0.25, 0.3) is 0 Å². The summed E-state index contributed by atoms with van der Waals surface area (Å²) in [6.45, 7) is 9.48. The summed E-state index contributed by atoms with van der Waals surface area (Å²) in [5.41, 5.74) is 11.6. The second-order valence-corrected chi connectivity index (χ2v) is 16.1. The van der Waals surface area contributed by atoms with E-state index in [4.69, 9.17) is 32.0 Å². The standard InChI is InChI=1S/C28H28ClFN6O2S.C7H12FN.C3H9N.C2H6/c1-3-5-16-10-18(31)26(30)24(23(16)15-6-7-15)22-11-19-17(14-39-22)27(33-28(32-19)38-2)35-8-4-9-36-21(12-35)25(29)20(13-37)34-36;8-6-4-7-2-1-3-9(7)5-6;1-4(2)3;1-2/h10,13,15,22H,4,6-9,11-12,14,31H2,1-2H3;6-7H,1-5H2;1-3H3;1-2H3. The van der Waals surface area contributed by atoms with Crippen LogP contribution in [-0.4, -0.2) is 95.9 Å². The van der Waals surface area contributed by atoms with E-state index >= 15 is 4.39 Å². The number of carbonyl (C=O) groups excluding carboxylic acids is 1. The number of rotatable bonds is 5. The van der Waals surface area contributed by atoms with Crippen molar-refractivity contribution in [1.82, 2.24) is 29.5 Å². The maximum Gasteiger partial charge on any atom is 0.318 e. The molecule has 6 heterocycles. The number of methoxy groups -OCH3 is 1. The Balaban J connectivity index is 0.000000313. The van der Waals surface area contributed by atoms with E-state index in [1.54, 1.807) is 36.5 Å². The van der Waals surface area contributed by atoms with Crippen molar-refractivity contribution in [3.8, 4) is 17.9 Å². The molecule has 0 amide bonds. The van der Waals surface area contributed by atoms with Gasteiger partial charge in [-0.1, -0.05) is 31.4 Å². The lowest BCUT2D eigenvalue weighted by Crippen LogP contribution is -2.27. The highest BCUT2D eigenvalue weighted by molar-refractivity contribution is 7.98. The lowest BCUT2D eigenvalue weighted by atomic mass is 9.91. The summed E-state index contributed by atoms with van der Waals surface area (Å²) in [5, 5.41) is 4.57. The normalized spacial score (nSPS) is 21.4. The summed E-state index contributed by atoms with van der Waals surface area (Å²) in [6, 6.07) is 2.55. The third kappa shape index (κ3) is 9.49. The highest BCUT2D eigenvalue weighted by Gasteiger charge is 2.38. The monoisotopic (exact) mass is 784 g/mol. The van der Waals surface area contributed by atoms with Gasteiger partial charge in [0, 0.05) is 59.8 Å². The molecule has 8 rings (SSSR count). The molecule has 0 radical (unpaired) electrons. The first-order valence-corrected chi connectivity index (χ1v) is 20.5. The van der Waals surface area contributed by atoms with E-state index < -0.39 is 6.17 Å². The Kier molecular flexibility index (Phi) is 14.6. The highest BCUT2D eigenvalue weighted by atomic mass is 35.5.